The Balaban J connectivity index is 1.52. The molecule has 0 amide bonds. The fourth-order valence-corrected chi connectivity index (χ4v) is 5.12. The van der Waals surface area contributed by atoms with E-state index in [-0.39, 0.29) is 11.8 Å². The molecule has 1 spiro atoms. The van der Waals surface area contributed by atoms with Crippen molar-refractivity contribution in [1.82, 2.24) is 24.8 Å². The second kappa shape index (κ2) is 7.40. The molecule has 33 heavy (non-hydrogen) atoms. The Bertz CT molecular complexity index is 1370. The summed E-state index contributed by atoms with van der Waals surface area (Å²) in [6, 6.07) is 10.4. The lowest BCUT2D eigenvalue weighted by Crippen LogP contribution is -2.71. The number of fused-ring (bicyclic) bond motifs is 1. The number of rotatable bonds is 4. The third kappa shape index (κ3) is 3.41. The van der Waals surface area contributed by atoms with Gasteiger partial charge in [-0.15, -0.1) is 0 Å². The van der Waals surface area contributed by atoms with Gasteiger partial charge in [-0.25, -0.2) is 19.3 Å². The van der Waals surface area contributed by atoms with Crippen LogP contribution in [0.5, 0.6) is 0 Å². The fraction of sp³-hybridized carbons (Fsp3) is 0.292. The molecule has 0 bridgehead atoms. The summed E-state index contributed by atoms with van der Waals surface area (Å²) in [5.41, 5.74) is 11.3. The molecule has 0 atom stereocenters. The van der Waals surface area contributed by atoms with Crippen molar-refractivity contribution in [2.75, 3.05) is 36.8 Å². The summed E-state index contributed by atoms with van der Waals surface area (Å²) in [4.78, 5) is 15.9. The molecule has 2 fully saturated rings. The molecule has 9 heteroatoms. The number of benzene rings is 2. The Morgan fingerprint density at radius 3 is 2.55 bits per heavy atom. The number of imidazole rings is 1. The molecule has 2 aromatic heterocycles. The summed E-state index contributed by atoms with van der Waals surface area (Å²) >= 11 is 6.59. The third-order valence-electron chi connectivity index (χ3n) is 6.68. The second-order valence-electron chi connectivity index (χ2n) is 9.13. The summed E-state index contributed by atoms with van der Waals surface area (Å²) in [5.74, 6) is 0.877. The molecule has 0 unspecified atom stereocenters. The van der Waals surface area contributed by atoms with Gasteiger partial charge in [-0.2, -0.15) is 0 Å². The normalized spacial score (nSPS) is 16.8. The number of aryl methyl sites for hydroxylation is 1. The molecular formula is C24H23ClFN7. The highest BCUT2D eigenvalue weighted by Gasteiger charge is 2.48. The Hall–Kier alpha value is -3.23. The van der Waals surface area contributed by atoms with E-state index in [0.717, 1.165) is 65.5 Å². The van der Waals surface area contributed by atoms with Crippen LogP contribution in [0, 0.1) is 18.2 Å². The first kappa shape index (κ1) is 20.4. The monoisotopic (exact) mass is 463 g/mol. The Morgan fingerprint density at radius 1 is 1.12 bits per heavy atom. The number of aromatic nitrogens is 4. The number of nitrogen functional groups attached to an aromatic ring is 1. The van der Waals surface area contributed by atoms with Crippen molar-refractivity contribution in [3.8, 4) is 11.1 Å². The van der Waals surface area contributed by atoms with Gasteiger partial charge < -0.3 is 20.5 Å². The van der Waals surface area contributed by atoms with Crippen LogP contribution in [0.15, 0.2) is 42.6 Å². The maximum atomic E-state index is 13.5. The molecule has 168 valence electrons. The van der Waals surface area contributed by atoms with Crippen molar-refractivity contribution < 1.29 is 4.39 Å². The predicted octanol–water partition coefficient (Wildman–Crippen LogP) is 3.63. The number of halogens is 2. The van der Waals surface area contributed by atoms with Gasteiger partial charge in [0.15, 0.2) is 0 Å². The molecule has 2 aromatic carbocycles. The minimum absolute atomic E-state index is 0.233. The zero-order valence-electron chi connectivity index (χ0n) is 18.1. The van der Waals surface area contributed by atoms with E-state index < -0.39 is 0 Å². The number of hydrogen-bond acceptors (Lipinski definition) is 6. The van der Waals surface area contributed by atoms with Crippen LogP contribution >= 0.6 is 11.6 Å². The van der Waals surface area contributed by atoms with Gasteiger partial charge in [-0.1, -0.05) is 23.7 Å². The summed E-state index contributed by atoms with van der Waals surface area (Å²) in [7, 11) is 0. The molecule has 0 aliphatic carbocycles. The minimum atomic E-state index is -0.249. The van der Waals surface area contributed by atoms with Crippen molar-refractivity contribution in [2.24, 2.45) is 5.41 Å². The zero-order chi connectivity index (χ0) is 22.7. The van der Waals surface area contributed by atoms with Crippen molar-refractivity contribution in [2.45, 2.75) is 13.5 Å². The Kier molecular flexibility index (Phi) is 4.57. The molecule has 4 aromatic rings. The molecule has 0 radical (unpaired) electrons. The number of hydrogen-bond donors (Lipinski definition) is 2. The molecule has 0 saturated carbocycles. The first-order valence-corrected chi connectivity index (χ1v) is 11.3. The molecule has 2 aliphatic rings. The predicted molar refractivity (Wildman–Crippen MR) is 128 cm³/mol. The average molecular weight is 464 g/mol. The lowest BCUT2D eigenvalue weighted by atomic mass is 9.75. The number of nitrogens with two attached hydrogens (primary N) is 1. The van der Waals surface area contributed by atoms with Crippen LogP contribution in [-0.4, -0.2) is 45.7 Å². The summed E-state index contributed by atoms with van der Waals surface area (Å²) in [5, 5.41) is 3.98. The molecular weight excluding hydrogens is 441 g/mol. The van der Waals surface area contributed by atoms with Crippen LogP contribution in [0.25, 0.3) is 22.2 Å². The van der Waals surface area contributed by atoms with E-state index in [9.17, 15) is 4.39 Å². The minimum Gasteiger partial charge on any atom is -0.368 e. The SMILES string of the molecule is Cc1nc(N)ncc1-c1cc(Cl)cc2c1nc(N1CC3(CNC3)C1)n2Cc1ccc(F)cc1. The van der Waals surface area contributed by atoms with Crippen LogP contribution in [0.2, 0.25) is 5.02 Å². The maximum Gasteiger partial charge on any atom is 0.220 e. The largest absolute Gasteiger partial charge is 0.368 e. The van der Waals surface area contributed by atoms with E-state index in [1.165, 1.54) is 12.1 Å². The van der Waals surface area contributed by atoms with Gasteiger partial charge in [-0.05, 0) is 36.8 Å². The van der Waals surface area contributed by atoms with Gasteiger partial charge in [0.1, 0.15) is 5.82 Å². The standard InChI is InChI=1S/C24H23ClFN7/c1-14-19(8-29-22(27)30-14)18-6-16(25)7-20-21(18)31-23(32-12-24(13-32)10-28-11-24)33(20)9-15-2-4-17(26)5-3-15/h2-8,28H,9-13H2,1H3,(H2,27,29,30). The van der Waals surface area contributed by atoms with Gasteiger partial charge >= 0.3 is 0 Å². The zero-order valence-corrected chi connectivity index (χ0v) is 18.9. The Morgan fingerprint density at radius 2 is 1.88 bits per heavy atom. The van der Waals surface area contributed by atoms with Crippen LogP contribution < -0.4 is 16.0 Å². The molecule has 2 aliphatic heterocycles. The van der Waals surface area contributed by atoms with Crippen molar-refractivity contribution >= 4 is 34.5 Å². The summed E-state index contributed by atoms with van der Waals surface area (Å²) in [6.45, 7) is 6.46. The lowest BCUT2D eigenvalue weighted by Gasteiger charge is -2.56. The van der Waals surface area contributed by atoms with Crippen LogP contribution in [0.3, 0.4) is 0 Å². The summed E-state index contributed by atoms with van der Waals surface area (Å²) < 4.78 is 15.7. The van der Waals surface area contributed by atoms with Crippen molar-refractivity contribution in [1.29, 1.82) is 0 Å². The highest BCUT2D eigenvalue weighted by molar-refractivity contribution is 6.31. The molecule has 2 saturated heterocycles. The van der Waals surface area contributed by atoms with Crippen LogP contribution in [0.1, 0.15) is 11.3 Å². The third-order valence-corrected chi connectivity index (χ3v) is 6.89. The average Bonchev–Trinajstić information content (AvgIpc) is 3.05. The summed E-state index contributed by atoms with van der Waals surface area (Å²) in [6.07, 6.45) is 1.72. The quantitative estimate of drug-likeness (QED) is 0.480. The van der Waals surface area contributed by atoms with Gasteiger partial charge in [0.2, 0.25) is 11.9 Å². The van der Waals surface area contributed by atoms with Gasteiger partial charge in [0.05, 0.1) is 23.3 Å². The van der Waals surface area contributed by atoms with Crippen molar-refractivity contribution in [3.05, 3.63) is 64.7 Å². The van der Waals surface area contributed by atoms with Gasteiger partial charge in [0, 0.05) is 53.9 Å². The molecule has 3 N–H and O–H groups in total. The van der Waals surface area contributed by atoms with E-state index in [1.54, 1.807) is 6.20 Å². The van der Waals surface area contributed by atoms with Crippen molar-refractivity contribution in [3.63, 3.8) is 0 Å². The second-order valence-corrected chi connectivity index (χ2v) is 9.57. The van der Waals surface area contributed by atoms with Crippen LogP contribution in [0.4, 0.5) is 16.3 Å². The highest BCUT2D eigenvalue weighted by atomic mass is 35.5. The maximum absolute atomic E-state index is 13.5. The first-order chi connectivity index (χ1) is 15.9. The topological polar surface area (TPSA) is 84.9 Å². The Labute approximate surface area is 195 Å². The van der Waals surface area contributed by atoms with E-state index in [2.05, 4.69) is 24.8 Å². The van der Waals surface area contributed by atoms with Gasteiger partial charge in [0.25, 0.3) is 0 Å². The molecule has 7 nitrogen and oxygen atoms in total. The first-order valence-electron chi connectivity index (χ1n) is 10.9. The number of anilines is 2. The van der Waals surface area contributed by atoms with E-state index in [1.807, 2.05) is 31.2 Å². The number of nitrogens with one attached hydrogen (secondary N) is 1. The fourth-order valence-electron chi connectivity index (χ4n) is 4.91. The smallest absolute Gasteiger partial charge is 0.220 e. The highest BCUT2D eigenvalue weighted by Crippen LogP contribution is 2.41. The molecule has 4 heterocycles. The molecule has 6 rings (SSSR count). The number of nitrogens with zero attached hydrogens (tertiary/aromatic N) is 5. The lowest BCUT2D eigenvalue weighted by molar-refractivity contribution is 0.119. The van der Waals surface area contributed by atoms with Crippen LogP contribution in [-0.2, 0) is 6.54 Å². The van der Waals surface area contributed by atoms with E-state index in [0.29, 0.717) is 17.0 Å². The van der Waals surface area contributed by atoms with Gasteiger partial charge in [-0.3, -0.25) is 0 Å². The van der Waals surface area contributed by atoms with E-state index >= 15 is 0 Å². The van der Waals surface area contributed by atoms with E-state index in [4.69, 9.17) is 22.3 Å².